The fourth-order valence-corrected chi connectivity index (χ4v) is 2.58. The van der Waals surface area contributed by atoms with Gasteiger partial charge in [0, 0.05) is 19.3 Å². The van der Waals surface area contributed by atoms with Crippen molar-refractivity contribution >= 4 is 0 Å². The zero-order chi connectivity index (χ0) is 14.4. The number of aryl methyl sites for hydroxylation is 1. The van der Waals surface area contributed by atoms with Crippen LogP contribution in [0.5, 0.6) is 0 Å². The van der Waals surface area contributed by atoms with Gasteiger partial charge in [0.25, 0.3) is 0 Å². The van der Waals surface area contributed by atoms with Crippen molar-refractivity contribution in [2.75, 3.05) is 6.54 Å². The third-order valence-electron chi connectivity index (χ3n) is 3.80. The fraction of sp³-hybridized carbons (Fsp3) is 0.471. The second-order valence-electron chi connectivity index (χ2n) is 5.49. The first-order valence-corrected chi connectivity index (χ1v) is 7.46. The van der Waals surface area contributed by atoms with Crippen LogP contribution in [0.25, 0.3) is 0 Å². The lowest BCUT2D eigenvalue weighted by Crippen LogP contribution is -2.36. The van der Waals surface area contributed by atoms with Gasteiger partial charge in [0.1, 0.15) is 0 Å². The highest BCUT2D eigenvalue weighted by molar-refractivity contribution is 5.22. The highest BCUT2D eigenvalue weighted by Gasteiger charge is 2.19. The summed E-state index contributed by atoms with van der Waals surface area (Å²) in [5, 5.41) is 7.96. The maximum atomic E-state index is 4.27. The first-order chi connectivity index (χ1) is 9.70. The van der Waals surface area contributed by atoms with Gasteiger partial charge in [-0.25, -0.2) is 0 Å². The van der Waals surface area contributed by atoms with Gasteiger partial charge in [-0.2, -0.15) is 5.10 Å². The van der Waals surface area contributed by atoms with Crippen molar-refractivity contribution in [3.63, 3.8) is 0 Å². The third kappa shape index (κ3) is 3.94. The summed E-state index contributed by atoms with van der Waals surface area (Å²) in [5.74, 6) is 0.489. The Morgan fingerprint density at radius 3 is 2.60 bits per heavy atom. The molecule has 3 heteroatoms. The first-order valence-electron chi connectivity index (χ1n) is 7.46. The molecule has 0 aliphatic carbocycles. The number of hydrogen-bond donors (Lipinski definition) is 1. The highest BCUT2D eigenvalue weighted by atomic mass is 15.2. The Morgan fingerprint density at radius 2 is 2.00 bits per heavy atom. The standard InChI is InChI=1S/C17H25N3/c1-4-10-18-17(11-15-12-19-20(3)13-15)14(2)16-8-6-5-7-9-16/h5-9,12-14,17-18H,4,10-11H2,1-3H3. The van der Waals surface area contributed by atoms with Gasteiger partial charge in [-0.1, -0.05) is 44.2 Å². The summed E-state index contributed by atoms with van der Waals surface area (Å²) in [7, 11) is 1.97. The van der Waals surface area contributed by atoms with Crippen molar-refractivity contribution in [1.29, 1.82) is 0 Å². The lowest BCUT2D eigenvalue weighted by Gasteiger charge is -2.25. The van der Waals surface area contributed by atoms with Gasteiger partial charge >= 0.3 is 0 Å². The van der Waals surface area contributed by atoms with Crippen LogP contribution in [0.4, 0.5) is 0 Å². The number of hydrogen-bond acceptors (Lipinski definition) is 2. The van der Waals surface area contributed by atoms with Crippen LogP contribution in [0.1, 0.15) is 37.3 Å². The number of rotatable bonds is 7. The molecule has 0 amide bonds. The van der Waals surface area contributed by atoms with E-state index < -0.39 is 0 Å². The van der Waals surface area contributed by atoms with E-state index in [4.69, 9.17) is 0 Å². The van der Waals surface area contributed by atoms with Gasteiger partial charge in [-0.05, 0) is 36.4 Å². The molecule has 3 nitrogen and oxygen atoms in total. The van der Waals surface area contributed by atoms with Crippen LogP contribution < -0.4 is 5.32 Å². The Morgan fingerprint density at radius 1 is 1.25 bits per heavy atom. The number of benzene rings is 1. The predicted octanol–water partition coefficient (Wildman–Crippen LogP) is 3.13. The quantitative estimate of drug-likeness (QED) is 0.838. The van der Waals surface area contributed by atoms with Crippen LogP contribution in [-0.4, -0.2) is 22.4 Å². The molecule has 2 atom stereocenters. The zero-order valence-corrected chi connectivity index (χ0v) is 12.7. The molecule has 0 radical (unpaired) electrons. The molecule has 1 aromatic carbocycles. The molecule has 108 valence electrons. The van der Waals surface area contributed by atoms with Gasteiger partial charge in [0.05, 0.1) is 6.20 Å². The normalized spacial score (nSPS) is 14.2. The van der Waals surface area contributed by atoms with Crippen LogP contribution in [0.15, 0.2) is 42.7 Å². The molecule has 0 aliphatic heterocycles. The molecule has 0 spiro atoms. The summed E-state index contributed by atoms with van der Waals surface area (Å²) >= 11 is 0. The molecule has 0 bridgehead atoms. The second kappa shape index (κ2) is 7.25. The maximum absolute atomic E-state index is 4.27. The van der Waals surface area contributed by atoms with Crippen molar-refractivity contribution in [3.8, 4) is 0 Å². The summed E-state index contributed by atoms with van der Waals surface area (Å²) in [5.41, 5.74) is 2.69. The average Bonchev–Trinajstić information content (AvgIpc) is 2.89. The van der Waals surface area contributed by atoms with Crippen LogP contribution in [-0.2, 0) is 13.5 Å². The van der Waals surface area contributed by atoms with Gasteiger partial charge in [-0.3, -0.25) is 4.68 Å². The van der Waals surface area contributed by atoms with Crippen LogP contribution in [0.3, 0.4) is 0 Å². The topological polar surface area (TPSA) is 29.9 Å². The van der Waals surface area contributed by atoms with Crippen molar-refractivity contribution < 1.29 is 0 Å². The van der Waals surface area contributed by atoms with E-state index in [2.05, 4.69) is 60.8 Å². The Labute approximate surface area is 122 Å². The molecule has 0 saturated heterocycles. The number of nitrogens with one attached hydrogen (secondary N) is 1. The molecular formula is C17H25N3. The van der Waals surface area contributed by atoms with Gasteiger partial charge in [-0.15, -0.1) is 0 Å². The molecule has 20 heavy (non-hydrogen) atoms. The molecule has 2 aromatic rings. The Bertz CT molecular complexity index is 504. The first kappa shape index (κ1) is 14.8. The molecule has 2 rings (SSSR count). The summed E-state index contributed by atoms with van der Waals surface area (Å²) < 4.78 is 1.87. The molecule has 0 aliphatic rings. The van der Waals surface area contributed by atoms with Crippen LogP contribution in [0.2, 0.25) is 0 Å². The summed E-state index contributed by atoms with van der Waals surface area (Å²) in [6.07, 6.45) is 6.26. The SMILES string of the molecule is CCCNC(Cc1cnn(C)c1)C(C)c1ccccc1. The Hall–Kier alpha value is -1.61. The summed E-state index contributed by atoms with van der Waals surface area (Å²) in [6.45, 7) is 5.57. The predicted molar refractivity (Wildman–Crippen MR) is 83.9 cm³/mol. The third-order valence-corrected chi connectivity index (χ3v) is 3.80. The lowest BCUT2D eigenvalue weighted by atomic mass is 9.89. The van der Waals surface area contributed by atoms with E-state index >= 15 is 0 Å². The largest absolute Gasteiger partial charge is 0.313 e. The van der Waals surface area contributed by atoms with E-state index in [0.29, 0.717) is 12.0 Å². The highest BCUT2D eigenvalue weighted by Crippen LogP contribution is 2.21. The maximum Gasteiger partial charge on any atom is 0.0522 e. The monoisotopic (exact) mass is 271 g/mol. The van der Waals surface area contributed by atoms with Crippen molar-refractivity contribution in [2.45, 2.75) is 38.6 Å². The van der Waals surface area contributed by atoms with Crippen molar-refractivity contribution in [1.82, 2.24) is 15.1 Å². The molecular weight excluding hydrogens is 246 g/mol. The van der Waals surface area contributed by atoms with E-state index in [1.54, 1.807) is 0 Å². The average molecular weight is 271 g/mol. The minimum absolute atomic E-state index is 0.446. The van der Waals surface area contributed by atoms with E-state index in [-0.39, 0.29) is 0 Å². The second-order valence-corrected chi connectivity index (χ2v) is 5.49. The van der Waals surface area contributed by atoms with Gasteiger partial charge in [0.2, 0.25) is 0 Å². The summed E-state index contributed by atoms with van der Waals surface area (Å²) in [4.78, 5) is 0. The van der Waals surface area contributed by atoms with E-state index in [9.17, 15) is 0 Å². The molecule has 0 fully saturated rings. The molecule has 0 saturated carbocycles. The fourth-order valence-electron chi connectivity index (χ4n) is 2.58. The summed E-state index contributed by atoms with van der Waals surface area (Å²) in [6, 6.07) is 11.2. The van der Waals surface area contributed by atoms with Gasteiger partial charge in [0.15, 0.2) is 0 Å². The van der Waals surface area contributed by atoms with Crippen molar-refractivity contribution in [3.05, 3.63) is 53.9 Å². The zero-order valence-electron chi connectivity index (χ0n) is 12.7. The van der Waals surface area contributed by atoms with Crippen LogP contribution in [0, 0.1) is 0 Å². The lowest BCUT2D eigenvalue weighted by molar-refractivity contribution is 0.447. The number of aromatic nitrogens is 2. The Kier molecular flexibility index (Phi) is 5.36. The van der Waals surface area contributed by atoms with Gasteiger partial charge < -0.3 is 5.32 Å². The van der Waals surface area contributed by atoms with E-state index in [1.165, 1.54) is 11.1 Å². The molecule has 1 aromatic heterocycles. The van der Waals surface area contributed by atoms with Crippen LogP contribution >= 0.6 is 0 Å². The smallest absolute Gasteiger partial charge is 0.0522 e. The van der Waals surface area contributed by atoms with Crippen molar-refractivity contribution in [2.24, 2.45) is 7.05 Å². The van der Waals surface area contributed by atoms with E-state index in [0.717, 1.165) is 19.4 Å². The number of nitrogens with zero attached hydrogens (tertiary/aromatic N) is 2. The Balaban J connectivity index is 2.10. The van der Waals surface area contributed by atoms with E-state index in [1.807, 2.05) is 17.9 Å². The minimum Gasteiger partial charge on any atom is -0.313 e. The molecule has 2 unspecified atom stereocenters. The molecule has 1 heterocycles. The minimum atomic E-state index is 0.446. The molecule has 1 N–H and O–H groups in total.